The molecule has 1 aromatic heterocycles. The molecule has 0 radical (unpaired) electrons. The van der Waals surface area contributed by atoms with Gasteiger partial charge in [0, 0.05) is 11.8 Å². The Morgan fingerprint density at radius 3 is 2.56 bits per heavy atom. The van der Waals surface area contributed by atoms with E-state index in [9.17, 15) is 4.79 Å². The van der Waals surface area contributed by atoms with Crippen molar-refractivity contribution in [3.05, 3.63) is 42.4 Å². The average Bonchev–Trinajstić information content (AvgIpc) is 2.92. The Morgan fingerprint density at radius 2 is 1.94 bits per heavy atom. The Kier molecular flexibility index (Phi) is 3.52. The van der Waals surface area contributed by atoms with Gasteiger partial charge in [0.2, 0.25) is 0 Å². The predicted molar refractivity (Wildman–Crippen MR) is 66.2 cm³/mol. The van der Waals surface area contributed by atoms with Crippen LogP contribution in [-0.2, 0) is 0 Å². The highest BCUT2D eigenvalue weighted by Gasteiger charge is 2.09. The van der Waals surface area contributed by atoms with Gasteiger partial charge in [0.1, 0.15) is 6.26 Å². The largest absolute Gasteiger partial charge is 0.493 e. The van der Waals surface area contributed by atoms with Crippen molar-refractivity contribution in [3.63, 3.8) is 0 Å². The summed E-state index contributed by atoms with van der Waals surface area (Å²) >= 11 is 0. The molecule has 0 atom stereocenters. The van der Waals surface area contributed by atoms with Crippen LogP contribution in [0, 0.1) is 0 Å². The molecule has 1 N–H and O–H groups in total. The second-order valence-electron chi connectivity index (χ2n) is 3.54. The normalized spacial score (nSPS) is 9.89. The van der Waals surface area contributed by atoms with Crippen LogP contribution < -0.4 is 14.8 Å². The monoisotopic (exact) mass is 247 g/mol. The van der Waals surface area contributed by atoms with Gasteiger partial charge < -0.3 is 19.2 Å². The lowest BCUT2D eigenvalue weighted by Gasteiger charge is -2.10. The molecule has 5 nitrogen and oxygen atoms in total. The third-order valence-electron chi connectivity index (χ3n) is 2.42. The molecule has 0 bridgehead atoms. The number of ether oxygens (including phenoxy) is 2. The molecule has 2 aromatic rings. The first-order chi connectivity index (χ1) is 8.74. The van der Waals surface area contributed by atoms with Gasteiger partial charge in [0.25, 0.3) is 5.91 Å². The van der Waals surface area contributed by atoms with E-state index in [0.717, 1.165) is 0 Å². The van der Waals surface area contributed by atoms with Crippen LogP contribution in [0.1, 0.15) is 10.4 Å². The molecule has 2 rings (SSSR count). The summed E-state index contributed by atoms with van der Waals surface area (Å²) < 4.78 is 15.1. The predicted octanol–water partition coefficient (Wildman–Crippen LogP) is 2.55. The molecule has 0 aliphatic heterocycles. The van der Waals surface area contributed by atoms with E-state index in [-0.39, 0.29) is 5.91 Å². The number of furan rings is 1. The van der Waals surface area contributed by atoms with Crippen molar-refractivity contribution in [2.45, 2.75) is 0 Å². The third kappa shape index (κ3) is 2.45. The summed E-state index contributed by atoms with van der Waals surface area (Å²) in [5.74, 6) is 0.928. The van der Waals surface area contributed by atoms with Crippen molar-refractivity contribution in [1.29, 1.82) is 0 Å². The SMILES string of the molecule is COc1ccc(NC(=O)c2ccoc2)cc1OC. The van der Waals surface area contributed by atoms with E-state index < -0.39 is 0 Å². The van der Waals surface area contributed by atoms with Gasteiger partial charge in [-0.2, -0.15) is 0 Å². The lowest BCUT2D eigenvalue weighted by Crippen LogP contribution is -2.10. The van der Waals surface area contributed by atoms with Crippen molar-refractivity contribution in [3.8, 4) is 11.5 Å². The number of hydrogen-bond acceptors (Lipinski definition) is 4. The van der Waals surface area contributed by atoms with Crippen LogP contribution in [0.25, 0.3) is 0 Å². The number of hydrogen-bond donors (Lipinski definition) is 1. The molecule has 5 heteroatoms. The number of methoxy groups -OCH3 is 2. The number of benzene rings is 1. The first-order valence-corrected chi connectivity index (χ1v) is 5.30. The van der Waals surface area contributed by atoms with Crippen molar-refractivity contribution in [1.82, 2.24) is 0 Å². The molecule has 94 valence electrons. The van der Waals surface area contributed by atoms with Crippen molar-refractivity contribution in [2.24, 2.45) is 0 Å². The van der Waals surface area contributed by atoms with E-state index in [1.54, 1.807) is 38.5 Å². The zero-order chi connectivity index (χ0) is 13.0. The number of anilines is 1. The Balaban J connectivity index is 2.17. The standard InChI is InChI=1S/C13H13NO4/c1-16-11-4-3-10(7-12(11)17-2)14-13(15)9-5-6-18-8-9/h3-8H,1-2H3,(H,14,15). The first kappa shape index (κ1) is 12.0. The molecular weight excluding hydrogens is 234 g/mol. The minimum absolute atomic E-state index is 0.240. The Labute approximate surface area is 104 Å². The van der Waals surface area contributed by atoms with E-state index >= 15 is 0 Å². The summed E-state index contributed by atoms with van der Waals surface area (Å²) in [5, 5.41) is 2.74. The fourth-order valence-corrected chi connectivity index (χ4v) is 1.51. The number of rotatable bonds is 4. The second-order valence-corrected chi connectivity index (χ2v) is 3.54. The third-order valence-corrected chi connectivity index (χ3v) is 2.42. The highest BCUT2D eigenvalue weighted by molar-refractivity contribution is 6.04. The van der Waals surface area contributed by atoms with Crippen molar-refractivity contribution in [2.75, 3.05) is 19.5 Å². The fourth-order valence-electron chi connectivity index (χ4n) is 1.51. The van der Waals surface area contributed by atoms with Gasteiger partial charge in [-0.3, -0.25) is 4.79 Å². The second kappa shape index (κ2) is 5.27. The van der Waals surface area contributed by atoms with Crippen LogP contribution in [0.4, 0.5) is 5.69 Å². The molecule has 0 saturated heterocycles. The topological polar surface area (TPSA) is 60.7 Å². The quantitative estimate of drug-likeness (QED) is 0.901. The molecule has 0 fully saturated rings. The smallest absolute Gasteiger partial charge is 0.258 e. The van der Waals surface area contributed by atoms with E-state index in [2.05, 4.69) is 5.32 Å². The van der Waals surface area contributed by atoms with Gasteiger partial charge in [-0.1, -0.05) is 0 Å². The Morgan fingerprint density at radius 1 is 1.17 bits per heavy atom. The average molecular weight is 247 g/mol. The molecule has 1 amide bonds. The molecule has 1 aromatic carbocycles. The molecule has 0 spiro atoms. The highest BCUT2D eigenvalue weighted by atomic mass is 16.5. The summed E-state index contributed by atoms with van der Waals surface area (Å²) in [4.78, 5) is 11.8. The van der Waals surface area contributed by atoms with Gasteiger partial charge in [0.05, 0.1) is 26.0 Å². The molecular formula is C13H13NO4. The number of carbonyl (C=O) groups excluding carboxylic acids is 1. The van der Waals surface area contributed by atoms with E-state index in [1.165, 1.54) is 12.5 Å². The lowest BCUT2D eigenvalue weighted by atomic mass is 10.2. The van der Waals surface area contributed by atoms with Crippen LogP contribution in [0.3, 0.4) is 0 Å². The zero-order valence-electron chi connectivity index (χ0n) is 10.1. The van der Waals surface area contributed by atoms with Crippen LogP contribution >= 0.6 is 0 Å². The summed E-state index contributed by atoms with van der Waals surface area (Å²) in [6.45, 7) is 0. The summed E-state index contributed by atoms with van der Waals surface area (Å²) in [7, 11) is 3.10. The van der Waals surface area contributed by atoms with Gasteiger partial charge in [-0.15, -0.1) is 0 Å². The van der Waals surface area contributed by atoms with Crippen LogP contribution in [0.2, 0.25) is 0 Å². The van der Waals surface area contributed by atoms with E-state index in [4.69, 9.17) is 13.9 Å². The van der Waals surface area contributed by atoms with E-state index in [0.29, 0.717) is 22.7 Å². The maximum absolute atomic E-state index is 11.8. The minimum atomic E-state index is -0.240. The number of nitrogens with one attached hydrogen (secondary N) is 1. The maximum atomic E-state index is 11.8. The summed E-state index contributed by atoms with van der Waals surface area (Å²) in [6.07, 6.45) is 2.83. The lowest BCUT2D eigenvalue weighted by molar-refractivity contribution is 0.102. The maximum Gasteiger partial charge on any atom is 0.258 e. The molecule has 1 heterocycles. The van der Waals surface area contributed by atoms with Crippen molar-refractivity contribution >= 4 is 11.6 Å². The zero-order valence-corrected chi connectivity index (χ0v) is 10.1. The van der Waals surface area contributed by atoms with Crippen LogP contribution in [0.15, 0.2) is 41.2 Å². The van der Waals surface area contributed by atoms with E-state index in [1.807, 2.05) is 0 Å². The minimum Gasteiger partial charge on any atom is -0.493 e. The van der Waals surface area contributed by atoms with Gasteiger partial charge in [-0.25, -0.2) is 0 Å². The fraction of sp³-hybridized carbons (Fsp3) is 0.154. The van der Waals surface area contributed by atoms with Gasteiger partial charge >= 0.3 is 0 Å². The molecule has 0 aliphatic carbocycles. The molecule has 18 heavy (non-hydrogen) atoms. The molecule has 0 saturated carbocycles. The molecule has 0 unspecified atom stereocenters. The summed E-state index contributed by atoms with van der Waals surface area (Å²) in [6, 6.07) is 6.75. The Hall–Kier alpha value is -2.43. The molecule has 0 aliphatic rings. The van der Waals surface area contributed by atoms with Crippen LogP contribution in [-0.4, -0.2) is 20.1 Å². The van der Waals surface area contributed by atoms with Gasteiger partial charge in [0.15, 0.2) is 11.5 Å². The number of amides is 1. The number of carbonyl (C=O) groups is 1. The first-order valence-electron chi connectivity index (χ1n) is 5.30. The highest BCUT2D eigenvalue weighted by Crippen LogP contribution is 2.29. The van der Waals surface area contributed by atoms with Gasteiger partial charge in [-0.05, 0) is 18.2 Å². The Bertz CT molecular complexity index is 534. The van der Waals surface area contributed by atoms with Crippen LogP contribution in [0.5, 0.6) is 11.5 Å². The van der Waals surface area contributed by atoms with Crippen molar-refractivity contribution < 1.29 is 18.7 Å². The summed E-state index contributed by atoms with van der Waals surface area (Å²) in [5.41, 5.74) is 1.09.